The molecule has 0 saturated carbocycles. The van der Waals surface area contributed by atoms with Gasteiger partial charge in [-0.2, -0.15) is 0 Å². The van der Waals surface area contributed by atoms with E-state index in [4.69, 9.17) is 14.7 Å². The zero-order valence-corrected chi connectivity index (χ0v) is 12.0. The Hall–Kier alpha value is -1.62. The number of oxime groups is 1. The molecular formula is C15H20FNO3. The lowest BCUT2D eigenvalue weighted by Crippen LogP contribution is -2.24. The van der Waals surface area contributed by atoms with Gasteiger partial charge in [0.2, 0.25) is 0 Å². The van der Waals surface area contributed by atoms with E-state index in [9.17, 15) is 4.39 Å². The van der Waals surface area contributed by atoms with Crippen LogP contribution in [0.5, 0.6) is 5.75 Å². The summed E-state index contributed by atoms with van der Waals surface area (Å²) in [5, 5.41) is 11.9. The normalized spacial score (nSPS) is 22.0. The topological polar surface area (TPSA) is 51.1 Å². The number of halogens is 1. The van der Waals surface area contributed by atoms with E-state index in [2.05, 4.69) is 19.0 Å². The Morgan fingerprint density at radius 1 is 1.55 bits per heavy atom. The molecule has 5 heteroatoms. The van der Waals surface area contributed by atoms with Gasteiger partial charge in [0.05, 0.1) is 17.4 Å². The first-order valence-corrected chi connectivity index (χ1v) is 6.70. The molecule has 0 spiro atoms. The van der Waals surface area contributed by atoms with E-state index in [1.807, 2.05) is 0 Å². The second-order valence-corrected chi connectivity index (χ2v) is 5.68. The van der Waals surface area contributed by atoms with Crippen LogP contribution in [0.4, 0.5) is 4.39 Å². The second-order valence-electron chi connectivity index (χ2n) is 5.68. The number of hydrogen-bond acceptors (Lipinski definition) is 4. The molecule has 0 aromatic heterocycles. The Kier molecular flexibility index (Phi) is 4.28. The SMILES string of the molecule is C/C(=N/O)c1cc(F)ccc1OCC1CCC(C)(C)O1. The lowest BCUT2D eigenvalue weighted by molar-refractivity contribution is -0.0326. The molecule has 1 fully saturated rings. The fourth-order valence-corrected chi connectivity index (χ4v) is 2.34. The third-order valence-corrected chi connectivity index (χ3v) is 3.46. The van der Waals surface area contributed by atoms with E-state index in [0.29, 0.717) is 23.6 Å². The Morgan fingerprint density at radius 3 is 2.90 bits per heavy atom. The number of benzene rings is 1. The first kappa shape index (κ1) is 14.8. The van der Waals surface area contributed by atoms with Crippen LogP contribution in [-0.2, 0) is 4.74 Å². The summed E-state index contributed by atoms with van der Waals surface area (Å²) in [4.78, 5) is 0. The summed E-state index contributed by atoms with van der Waals surface area (Å²) in [5.41, 5.74) is 0.652. The molecule has 1 aliphatic rings. The van der Waals surface area contributed by atoms with Crippen LogP contribution in [0.25, 0.3) is 0 Å². The van der Waals surface area contributed by atoms with E-state index in [1.54, 1.807) is 13.0 Å². The highest BCUT2D eigenvalue weighted by Crippen LogP contribution is 2.30. The minimum absolute atomic E-state index is 0.0364. The Morgan fingerprint density at radius 2 is 2.30 bits per heavy atom. The van der Waals surface area contributed by atoms with Gasteiger partial charge in [-0.3, -0.25) is 0 Å². The monoisotopic (exact) mass is 281 g/mol. The van der Waals surface area contributed by atoms with Crippen LogP contribution < -0.4 is 4.74 Å². The molecule has 1 aliphatic heterocycles. The Bertz CT molecular complexity index is 514. The molecule has 110 valence electrons. The van der Waals surface area contributed by atoms with Crippen molar-refractivity contribution in [2.75, 3.05) is 6.61 Å². The van der Waals surface area contributed by atoms with Gasteiger partial charge in [0, 0.05) is 5.56 Å². The maximum Gasteiger partial charge on any atom is 0.128 e. The molecule has 0 bridgehead atoms. The third kappa shape index (κ3) is 3.48. The van der Waals surface area contributed by atoms with Crippen LogP contribution >= 0.6 is 0 Å². The average Bonchev–Trinajstić information content (AvgIpc) is 2.76. The summed E-state index contributed by atoms with van der Waals surface area (Å²) in [6, 6.07) is 4.16. The van der Waals surface area contributed by atoms with Gasteiger partial charge in [-0.1, -0.05) is 5.16 Å². The van der Waals surface area contributed by atoms with Crippen molar-refractivity contribution in [2.24, 2.45) is 5.16 Å². The van der Waals surface area contributed by atoms with Gasteiger partial charge in [0.15, 0.2) is 0 Å². The molecular weight excluding hydrogens is 261 g/mol. The molecule has 2 rings (SSSR count). The highest BCUT2D eigenvalue weighted by Gasteiger charge is 2.32. The molecule has 1 aromatic carbocycles. The summed E-state index contributed by atoms with van der Waals surface area (Å²) >= 11 is 0. The van der Waals surface area contributed by atoms with Crippen LogP contribution in [-0.4, -0.2) is 29.2 Å². The summed E-state index contributed by atoms with van der Waals surface area (Å²) in [5.74, 6) is 0.101. The van der Waals surface area contributed by atoms with Crippen molar-refractivity contribution >= 4 is 5.71 Å². The molecule has 1 saturated heterocycles. The first-order chi connectivity index (χ1) is 9.41. The van der Waals surface area contributed by atoms with Crippen molar-refractivity contribution in [1.29, 1.82) is 0 Å². The van der Waals surface area contributed by atoms with Crippen LogP contribution in [0, 0.1) is 5.82 Å². The number of nitrogens with zero attached hydrogens (tertiary/aromatic N) is 1. The van der Waals surface area contributed by atoms with Crippen LogP contribution in [0.3, 0.4) is 0 Å². The van der Waals surface area contributed by atoms with Gasteiger partial charge in [0.25, 0.3) is 0 Å². The maximum absolute atomic E-state index is 13.3. The highest BCUT2D eigenvalue weighted by atomic mass is 19.1. The second kappa shape index (κ2) is 5.79. The van der Waals surface area contributed by atoms with E-state index >= 15 is 0 Å². The lowest BCUT2D eigenvalue weighted by atomic mass is 10.1. The molecule has 4 nitrogen and oxygen atoms in total. The predicted octanol–water partition coefficient (Wildman–Crippen LogP) is 3.36. The van der Waals surface area contributed by atoms with Crippen molar-refractivity contribution in [3.05, 3.63) is 29.6 Å². The van der Waals surface area contributed by atoms with E-state index in [-0.39, 0.29) is 11.7 Å². The molecule has 1 N–H and O–H groups in total. The molecule has 1 aromatic rings. The van der Waals surface area contributed by atoms with Crippen LogP contribution in [0.1, 0.15) is 39.2 Å². The Labute approximate surface area is 118 Å². The standard InChI is InChI=1S/C15H20FNO3/c1-10(17-18)13-8-11(16)4-5-14(13)19-9-12-6-7-15(2,3)20-12/h4-5,8,12,18H,6-7,9H2,1-3H3/b17-10-. The van der Waals surface area contributed by atoms with Gasteiger partial charge in [-0.15, -0.1) is 0 Å². The zero-order chi connectivity index (χ0) is 14.8. The molecule has 1 heterocycles. The van der Waals surface area contributed by atoms with E-state index in [1.165, 1.54) is 12.1 Å². The van der Waals surface area contributed by atoms with Crippen LogP contribution in [0.15, 0.2) is 23.4 Å². The van der Waals surface area contributed by atoms with Crippen molar-refractivity contribution in [3.63, 3.8) is 0 Å². The summed E-state index contributed by atoms with van der Waals surface area (Å²) < 4.78 is 24.8. The van der Waals surface area contributed by atoms with Crippen LogP contribution in [0.2, 0.25) is 0 Å². The molecule has 1 unspecified atom stereocenters. The maximum atomic E-state index is 13.3. The summed E-state index contributed by atoms with van der Waals surface area (Å²) in [6.07, 6.45) is 1.97. The number of rotatable bonds is 4. The van der Waals surface area contributed by atoms with Crippen molar-refractivity contribution in [1.82, 2.24) is 0 Å². The van der Waals surface area contributed by atoms with Gasteiger partial charge < -0.3 is 14.7 Å². The smallest absolute Gasteiger partial charge is 0.128 e. The minimum Gasteiger partial charge on any atom is -0.490 e. The third-order valence-electron chi connectivity index (χ3n) is 3.46. The summed E-state index contributed by atoms with van der Waals surface area (Å²) in [7, 11) is 0. The Balaban J connectivity index is 2.06. The van der Waals surface area contributed by atoms with Gasteiger partial charge in [0.1, 0.15) is 18.2 Å². The van der Waals surface area contributed by atoms with Gasteiger partial charge in [-0.05, 0) is 51.8 Å². The fourth-order valence-electron chi connectivity index (χ4n) is 2.34. The van der Waals surface area contributed by atoms with Crippen molar-refractivity contribution < 1.29 is 19.1 Å². The minimum atomic E-state index is -0.395. The molecule has 0 amide bonds. The molecule has 20 heavy (non-hydrogen) atoms. The predicted molar refractivity (Wildman–Crippen MR) is 74.1 cm³/mol. The summed E-state index contributed by atoms with van der Waals surface area (Å²) in [6.45, 7) is 6.11. The van der Waals surface area contributed by atoms with E-state index in [0.717, 1.165) is 12.8 Å². The highest BCUT2D eigenvalue weighted by molar-refractivity contribution is 6.00. The largest absolute Gasteiger partial charge is 0.490 e. The average molecular weight is 281 g/mol. The first-order valence-electron chi connectivity index (χ1n) is 6.70. The fraction of sp³-hybridized carbons (Fsp3) is 0.533. The zero-order valence-electron chi connectivity index (χ0n) is 12.0. The molecule has 1 atom stereocenters. The van der Waals surface area contributed by atoms with Gasteiger partial charge >= 0.3 is 0 Å². The van der Waals surface area contributed by atoms with Gasteiger partial charge in [-0.25, -0.2) is 4.39 Å². The quantitative estimate of drug-likeness (QED) is 0.523. The van der Waals surface area contributed by atoms with Crippen molar-refractivity contribution in [2.45, 2.75) is 45.3 Å². The number of hydrogen-bond donors (Lipinski definition) is 1. The van der Waals surface area contributed by atoms with E-state index < -0.39 is 5.82 Å². The number of ether oxygens (including phenoxy) is 2. The molecule has 0 radical (unpaired) electrons. The lowest BCUT2D eigenvalue weighted by Gasteiger charge is -2.20. The molecule has 0 aliphatic carbocycles. The van der Waals surface area contributed by atoms with Crippen molar-refractivity contribution in [3.8, 4) is 5.75 Å².